The zero-order valence-corrected chi connectivity index (χ0v) is 13.9. The number of ether oxygens (including phenoxy) is 1. The molecule has 1 aliphatic rings. The molecule has 0 radical (unpaired) electrons. The molecule has 1 atom stereocenters. The first-order valence-electron chi connectivity index (χ1n) is 6.68. The first-order valence-corrected chi connectivity index (χ1v) is 8.29. The van der Waals surface area contributed by atoms with Crippen LogP contribution in [0.3, 0.4) is 0 Å². The van der Waals surface area contributed by atoms with Gasteiger partial charge in [-0.15, -0.1) is 11.3 Å². The summed E-state index contributed by atoms with van der Waals surface area (Å²) in [4.78, 5) is 1.17. The van der Waals surface area contributed by atoms with Gasteiger partial charge in [0.15, 0.2) is 0 Å². The summed E-state index contributed by atoms with van der Waals surface area (Å²) in [5.41, 5.74) is 1.92. The minimum absolute atomic E-state index is 0.176. The van der Waals surface area contributed by atoms with Crippen LogP contribution in [0.15, 0.2) is 34.1 Å². The summed E-state index contributed by atoms with van der Waals surface area (Å²) < 4.78 is 7.12. The maximum absolute atomic E-state index is 10.5. The lowest BCUT2D eigenvalue weighted by atomic mass is 9.98. The molecule has 0 bridgehead atoms. The van der Waals surface area contributed by atoms with E-state index < -0.39 is 6.10 Å². The molecule has 1 unspecified atom stereocenters. The van der Waals surface area contributed by atoms with Gasteiger partial charge >= 0.3 is 0 Å². The number of benzene rings is 1. The number of para-hydroxylation sites is 1. The van der Waals surface area contributed by atoms with Crippen LogP contribution in [0.4, 0.5) is 0 Å². The molecule has 2 nitrogen and oxygen atoms in total. The molecule has 0 amide bonds. The van der Waals surface area contributed by atoms with Gasteiger partial charge in [-0.2, -0.15) is 0 Å². The normalized spacial score (nSPS) is 17.6. The summed E-state index contributed by atoms with van der Waals surface area (Å²) >= 11 is 5.11. The highest BCUT2D eigenvalue weighted by Crippen LogP contribution is 2.41. The van der Waals surface area contributed by atoms with Crippen LogP contribution in [0.1, 0.15) is 36.0 Å². The van der Waals surface area contributed by atoms with Crippen LogP contribution in [0, 0.1) is 0 Å². The SMILES string of the molecule is CC1(C)Cc2cccc(C(O)Cc3ccc(Br)s3)c2O1. The van der Waals surface area contributed by atoms with E-state index in [4.69, 9.17) is 4.74 Å². The van der Waals surface area contributed by atoms with Crippen molar-refractivity contribution in [1.29, 1.82) is 0 Å². The summed E-state index contributed by atoms with van der Waals surface area (Å²) in [6.07, 6.45) is 0.994. The highest BCUT2D eigenvalue weighted by atomic mass is 79.9. The van der Waals surface area contributed by atoms with E-state index in [-0.39, 0.29) is 5.60 Å². The van der Waals surface area contributed by atoms with Crippen molar-refractivity contribution in [2.45, 2.75) is 38.4 Å². The second-order valence-corrected chi connectivity index (χ2v) is 8.35. The average molecular weight is 353 g/mol. The van der Waals surface area contributed by atoms with E-state index in [1.54, 1.807) is 11.3 Å². The lowest BCUT2D eigenvalue weighted by Crippen LogP contribution is -2.25. The fourth-order valence-electron chi connectivity index (χ4n) is 2.66. The van der Waals surface area contributed by atoms with Gasteiger partial charge in [0.25, 0.3) is 0 Å². The minimum atomic E-state index is -0.524. The van der Waals surface area contributed by atoms with Gasteiger partial charge in [0.2, 0.25) is 0 Å². The van der Waals surface area contributed by atoms with Gasteiger partial charge in [-0.1, -0.05) is 18.2 Å². The van der Waals surface area contributed by atoms with Crippen LogP contribution in [-0.2, 0) is 12.8 Å². The lowest BCUT2D eigenvalue weighted by molar-refractivity contribution is 0.126. The van der Waals surface area contributed by atoms with Crippen molar-refractivity contribution in [3.63, 3.8) is 0 Å². The molecule has 1 aromatic heterocycles. The third kappa shape index (κ3) is 2.78. The molecular weight excluding hydrogens is 336 g/mol. The second-order valence-electron chi connectivity index (χ2n) is 5.80. The van der Waals surface area contributed by atoms with E-state index in [0.717, 1.165) is 21.5 Å². The van der Waals surface area contributed by atoms with Crippen molar-refractivity contribution in [2.24, 2.45) is 0 Å². The molecule has 0 aliphatic carbocycles. The molecule has 20 heavy (non-hydrogen) atoms. The summed E-state index contributed by atoms with van der Waals surface area (Å²) in [6.45, 7) is 4.17. The van der Waals surface area contributed by atoms with Crippen LogP contribution < -0.4 is 4.74 Å². The molecule has 1 aliphatic heterocycles. The molecule has 1 N–H and O–H groups in total. The predicted molar refractivity (Wildman–Crippen MR) is 85.5 cm³/mol. The summed E-state index contributed by atoms with van der Waals surface area (Å²) in [5, 5.41) is 10.5. The topological polar surface area (TPSA) is 29.5 Å². The Labute approximate surface area is 131 Å². The van der Waals surface area contributed by atoms with Gasteiger partial charge in [-0.05, 0) is 47.5 Å². The smallest absolute Gasteiger partial charge is 0.129 e. The number of fused-ring (bicyclic) bond motifs is 1. The van der Waals surface area contributed by atoms with E-state index in [1.165, 1.54) is 10.4 Å². The molecule has 0 fully saturated rings. The molecule has 2 aromatic rings. The predicted octanol–water partition coefficient (Wildman–Crippen LogP) is 4.50. The summed E-state index contributed by atoms with van der Waals surface area (Å²) in [6, 6.07) is 10.1. The van der Waals surface area contributed by atoms with Gasteiger partial charge < -0.3 is 9.84 Å². The Kier molecular flexibility index (Phi) is 3.65. The largest absolute Gasteiger partial charge is 0.487 e. The molecular formula is C16H17BrO2S. The third-order valence-electron chi connectivity index (χ3n) is 3.50. The Hall–Kier alpha value is -0.840. The third-order valence-corrected chi connectivity index (χ3v) is 5.15. The van der Waals surface area contributed by atoms with Crippen LogP contribution in [-0.4, -0.2) is 10.7 Å². The molecule has 2 heterocycles. The zero-order chi connectivity index (χ0) is 14.3. The Morgan fingerprint density at radius 3 is 2.85 bits per heavy atom. The van der Waals surface area contributed by atoms with Gasteiger partial charge in [0, 0.05) is 23.3 Å². The lowest BCUT2D eigenvalue weighted by Gasteiger charge is -2.19. The number of aliphatic hydroxyl groups is 1. The van der Waals surface area contributed by atoms with E-state index >= 15 is 0 Å². The Bertz CT molecular complexity index is 633. The van der Waals surface area contributed by atoms with E-state index in [0.29, 0.717) is 6.42 Å². The van der Waals surface area contributed by atoms with Gasteiger partial charge in [-0.3, -0.25) is 0 Å². The van der Waals surface area contributed by atoms with Crippen molar-refractivity contribution in [3.8, 4) is 5.75 Å². The number of hydrogen-bond donors (Lipinski definition) is 1. The number of halogens is 1. The standard InChI is InChI=1S/C16H17BrO2S/c1-16(2)9-10-4-3-5-12(15(10)19-16)13(18)8-11-6-7-14(17)20-11/h3-7,13,18H,8-9H2,1-2H3. The number of hydrogen-bond acceptors (Lipinski definition) is 3. The highest BCUT2D eigenvalue weighted by molar-refractivity contribution is 9.11. The molecule has 1 aromatic carbocycles. The van der Waals surface area contributed by atoms with Gasteiger partial charge in [-0.25, -0.2) is 0 Å². The molecule has 0 saturated carbocycles. The van der Waals surface area contributed by atoms with Crippen molar-refractivity contribution >= 4 is 27.3 Å². The van der Waals surface area contributed by atoms with E-state index in [2.05, 4.69) is 35.8 Å². The molecule has 0 spiro atoms. The molecule has 106 valence electrons. The Morgan fingerprint density at radius 1 is 1.35 bits per heavy atom. The van der Waals surface area contributed by atoms with Crippen LogP contribution in [0.2, 0.25) is 0 Å². The highest BCUT2D eigenvalue weighted by Gasteiger charge is 2.32. The van der Waals surface area contributed by atoms with Crippen molar-refractivity contribution in [3.05, 3.63) is 50.1 Å². The fourth-order valence-corrected chi connectivity index (χ4v) is 4.18. The molecule has 3 rings (SSSR count). The first-order chi connectivity index (χ1) is 9.44. The van der Waals surface area contributed by atoms with Gasteiger partial charge in [0.1, 0.15) is 11.4 Å². The Morgan fingerprint density at radius 2 is 2.15 bits per heavy atom. The minimum Gasteiger partial charge on any atom is -0.487 e. The number of aliphatic hydroxyl groups excluding tert-OH is 1. The van der Waals surface area contributed by atoms with Gasteiger partial charge in [0.05, 0.1) is 9.89 Å². The van der Waals surface area contributed by atoms with Crippen molar-refractivity contribution < 1.29 is 9.84 Å². The Balaban J connectivity index is 1.86. The fraction of sp³-hybridized carbons (Fsp3) is 0.375. The maximum Gasteiger partial charge on any atom is 0.129 e. The monoisotopic (exact) mass is 352 g/mol. The van der Waals surface area contributed by atoms with Crippen molar-refractivity contribution in [2.75, 3.05) is 0 Å². The zero-order valence-electron chi connectivity index (χ0n) is 11.5. The average Bonchev–Trinajstić information content (AvgIpc) is 2.89. The first kappa shape index (κ1) is 14.1. The van der Waals surface area contributed by atoms with Crippen LogP contribution in [0.5, 0.6) is 5.75 Å². The van der Waals surface area contributed by atoms with E-state index in [9.17, 15) is 5.11 Å². The van der Waals surface area contributed by atoms with E-state index in [1.807, 2.05) is 24.3 Å². The molecule has 4 heteroatoms. The molecule has 0 saturated heterocycles. The quantitative estimate of drug-likeness (QED) is 0.880. The van der Waals surface area contributed by atoms with Crippen LogP contribution >= 0.6 is 27.3 Å². The number of rotatable bonds is 3. The summed E-state index contributed by atoms with van der Waals surface area (Å²) in [7, 11) is 0. The second kappa shape index (κ2) is 5.17. The summed E-state index contributed by atoms with van der Waals surface area (Å²) in [5.74, 6) is 0.876. The van der Waals surface area contributed by atoms with Crippen molar-refractivity contribution in [1.82, 2.24) is 0 Å². The number of thiophene rings is 1. The maximum atomic E-state index is 10.5. The van der Waals surface area contributed by atoms with Crippen LogP contribution in [0.25, 0.3) is 0 Å².